The fourth-order valence-corrected chi connectivity index (χ4v) is 6.71. The summed E-state index contributed by atoms with van der Waals surface area (Å²) in [5, 5.41) is 0. The number of nitrogens with zero attached hydrogens (tertiary/aromatic N) is 5. The van der Waals surface area contributed by atoms with Gasteiger partial charge in [-0.2, -0.15) is 0 Å². The Bertz CT molecular complexity index is 1520. The largest absolute Gasteiger partial charge is 0.459 e. The molecule has 15 heteroatoms. The Balaban J connectivity index is 1.95. The highest BCUT2D eigenvalue weighted by Gasteiger charge is 2.37. The molecule has 0 aliphatic carbocycles. The minimum absolute atomic E-state index is 0.0117. The van der Waals surface area contributed by atoms with Crippen molar-refractivity contribution in [2.24, 2.45) is 0 Å². The lowest BCUT2D eigenvalue weighted by Crippen LogP contribution is -2.53. The van der Waals surface area contributed by atoms with Crippen LogP contribution >= 0.6 is 0 Å². The van der Waals surface area contributed by atoms with Gasteiger partial charge in [-0.05, 0) is 108 Å². The third kappa shape index (κ3) is 17.1. The molecule has 326 valence electrons. The number of imide groups is 1. The lowest BCUT2D eigenvalue weighted by molar-refractivity contribution is -0.163. The number of hydrogen-bond donors (Lipinski definition) is 0. The number of carbonyl (C=O) groups excluding carboxylic acids is 6. The predicted octanol–water partition coefficient (Wildman–Crippen LogP) is 4.02. The van der Waals surface area contributed by atoms with Crippen molar-refractivity contribution in [3.05, 3.63) is 35.4 Å². The summed E-state index contributed by atoms with van der Waals surface area (Å²) >= 11 is 0. The molecule has 1 aromatic carbocycles. The van der Waals surface area contributed by atoms with Crippen molar-refractivity contribution < 1.29 is 47.7 Å². The number of esters is 4. The molecule has 1 aromatic rings. The summed E-state index contributed by atoms with van der Waals surface area (Å²) in [6.07, 6.45) is 0.596. The second-order valence-corrected chi connectivity index (χ2v) is 19.1. The lowest BCUT2D eigenvalue weighted by Gasteiger charge is -2.37. The van der Waals surface area contributed by atoms with Gasteiger partial charge in [0.15, 0.2) is 0 Å². The molecule has 1 atom stereocenters. The predicted molar refractivity (Wildman–Crippen MR) is 219 cm³/mol. The smallest absolute Gasteiger partial charge is 0.323 e. The van der Waals surface area contributed by atoms with E-state index in [1.807, 2.05) is 81.9 Å². The third-order valence-corrected chi connectivity index (χ3v) is 9.05. The molecule has 2 aliphatic heterocycles. The zero-order valence-corrected chi connectivity index (χ0v) is 37.1. The molecule has 1 unspecified atom stereocenters. The quantitative estimate of drug-likeness (QED) is 0.169. The molecule has 0 N–H and O–H groups in total. The van der Waals surface area contributed by atoms with Gasteiger partial charge in [-0.1, -0.05) is 12.1 Å². The van der Waals surface area contributed by atoms with E-state index >= 15 is 0 Å². The minimum atomic E-state index is -0.798. The van der Waals surface area contributed by atoms with Crippen molar-refractivity contribution in [1.82, 2.24) is 24.5 Å². The van der Waals surface area contributed by atoms with Crippen molar-refractivity contribution in [3.8, 4) is 0 Å². The van der Waals surface area contributed by atoms with Crippen molar-refractivity contribution >= 4 is 35.7 Å². The number of fused-ring (bicyclic) bond motifs is 1. The summed E-state index contributed by atoms with van der Waals surface area (Å²) in [7, 11) is 0. The third-order valence-electron chi connectivity index (χ3n) is 9.05. The first-order valence-corrected chi connectivity index (χ1v) is 20.4. The van der Waals surface area contributed by atoms with Crippen LogP contribution in [0.25, 0.3) is 0 Å². The molecule has 1 fully saturated rings. The van der Waals surface area contributed by atoms with Crippen LogP contribution in [0.4, 0.5) is 0 Å². The second-order valence-electron chi connectivity index (χ2n) is 19.1. The van der Waals surface area contributed by atoms with Crippen LogP contribution in [0.3, 0.4) is 0 Å². The van der Waals surface area contributed by atoms with Crippen molar-refractivity contribution in [1.29, 1.82) is 0 Å². The summed E-state index contributed by atoms with van der Waals surface area (Å²) in [5.74, 6) is -2.38. The zero-order valence-electron chi connectivity index (χ0n) is 37.1. The van der Waals surface area contributed by atoms with E-state index in [0.717, 1.165) is 0 Å². The maximum absolute atomic E-state index is 14.1. The van der Waals surface area contributed by atoms with E-state index < -0.39 is 46.4 Å². The first-order chi connectivity index (χ1) is 26.7. The zero-order chi connectivity index (χ0) is 43.6. The average Bonchev–Trinajstić information content (AvgIpc) is 3.28. The van der Waals surface area contributed by atoms with Gasteiger partial charge in [-0.15, -0.1) is 0 Å². The molecule has 15 nitrogen and oxygen atoms in total. The van der Waals surface area contributed by atoms with Gasteiger partial charge in [0, 0.05) is 58.9 Å². The number of amides is 2. The van der Waals surface area contributed by atoms with E-state index in [1.165, 1.54) is 4.90 Å². The Labute approximate surface area is 345 Å². The van der Waals surface area contributed by atoms with Crippen LogP contribution < -0.4 is 0 Å². The first kappa shape index (κ1) is 48.4. The average molecular weight is 816 g/mol. The maximum Gasteiger partial charge on any atom is 0.323 e. The minimum Gasteiger partial charge on any atom is -0.459 e. The highest BCUT2D eigenvalue weighted by Crippen LogP contribution is 2.24. The van der Waals surface area contributed by atoms with Gasteiger partial charge in [0.2, 0.25) is 0 Å². The number of rotatable bonds is 12. The van der Waals surface area contributed by atoms with E-state index in [2.05, 4.69) is 0 Å². The summed E-state index contributed by atoms with van der Waals surface area (Å²) in [4.78, 5) is 89.0. The molecule has 0 spiro atoms. The van der Waals surface area contributed by atoms with Crippen LogP contribution in [0, 0.1) is 0 Å². The molecule has 0 aromatic heterocycles. The molecule has 0 radical (unpaired) electrons. The van der Waals surface area contributed by atoms with Gasteiger partial charge in [0.05, 0.1) is 30.8 Å². The Morgan fingerprint density at radius 1 is 0.534 bits per heavy atom. The summed E-state index contributed by atoms with van der Waals surface area (Å²) < 4.78 is 23.0. The molecule has 2 aliphatic rings. The lowest BCUT2D eigenvalue weighted by atomic mass is 10.1. The van der Waals surface area contributed by atoms with Crippen molar-refractivity contribution in [3.63, 3.8) is 0 Å². The fraction of sp³-hybridized carbons (Fsp3) is 0.721. The number of ether oxygens (including phenoxy) is 4. The van der Waals surface area contributed by atoms with Crippen LogP contribution in [-0.2, 0) is 38.1 Å². The van der Waals surface area contributed by atoms with E-state index in [1.54, 1.807) is 45.0 Å². The first-order valence-electron chi connectivity index (χ1n) is 20.4. The Morgan fingerprint density at radius 3 is 1.19 bits per heavy atom. The molecule has 1 saturated heterocycles. The molecule has 0 bridgehead atoms. The highest BCUT2D eigenvalue weighted by atomic mass is 16.6. The van der Waals surface area contributed by atoms with Gasteiger partial charge in [0.1, 0.15) is 28.4 Å². The molecule has 3 rings (SSSR count). The standard InChI is InChI=1S/C43H69N5O10/c1-40(2,3)55-34(49)28-44-20-22-45(29-35(50)56-41(4,5)6)24-26-47(27-25-46(23-21-44)30-36(51)57-42(7,8)9)33(39(54)58-43(10,11)12)18-15-19-48-37(52)31-16-13-14-17-32(31)38(48)53/h13-14,16-17,33H,15,18-30H2,1-12H3. The van der Waals surface area contributed by atoms with Crippen LogP contribution in [0.5, 0.6) is 0 Å². The Morgan fingerprint density at radius 2 is 0.862 bits per heavy atom. The summed E-state index contributed by atoms with van der Waals surface area (Å²) in [6.45, 7) is 24.7. The van der Waals surface area contributed by atoms with Crippen LogP contribution in [0.2, 0.25) is 0 Å². The van der Waals surface area contributed by atoms with E-state index in [0.29, 0.717) is 69.9 Å². The van der Waals surface area contributed by atoms with Crippen molar-refractivity contribution in [2.45, 2.75) is 124 Å². The summed E-state index contributed by atoms with van der Waals surface area (Å²) in [5.41, 5.74) is -2.14. The summed E-state index contributed by atoms with van der Waals surface area (Å²) in [6, 6.07) is 5.93. The number of benzene rings is 1. The van der Waals surface area contributed by atoms with Crippen LogP contribution in [0.1, 0.15) is 117 Å². The van der Waals surface area contributed by atoms with Crippen LogP contribution in [-0.4, -0.2) is 167 Å². The maximum atomic E-state index is 14.1. The molecule has 2 heterocycles. The van der Waals surface area contributed by atoms with Gasteiger partial charge >= 0.3 is 23.9 Å². The van der Waals surface area contributed by atoms with Gasteiger partial charge in [-0.25, -0.2) is 0 Å². The Kier molecular flexibility index (Phi) is 17.0. The molecular formula is C43H69N5O10. The molecule has 2 amide bonds. The second kappa shape index (κ2) is 20.4. The van der Waals surface area contributed by atoms with E-state index in [-0.39, 0.29) is 50.4 Å². The van der Waals surface area contributed by atoms with Gasteiger partial charge in [0.25, 0.3) is 11.8 Å². The highest BCUT2D eigenvalue weighted by molar-refractivity contribution is 6.21. The normalized spacial score (nSPS) is 18.2. The SMILES string of the molecule is CC(C)(C)OC(=O)CN1CCN(CC(=O)OC(C)(C)C)CCN(C(CCCN2C(=O)c3ccccc3C2=O)C(=O)OC(C)(C)C)CCN(CC(=O)OC(C)(C)C)CC1. The monoisotopic (exact) mass is 816 g/mol. The van der Waals surface area contributed by atoms with Gasteiger partial charge < -0.3 is 18.9 Å². The number of carbonyl (C=O) groups is 6. The van der Waals surface area contributed by atoms with E-state index in [9.17, 15) is 28.8 Å². The van der Waals surface area contributed by atoms with Crippen LogP contribution in [0.15, 0.2) is 24.3 Å². The van der Waals surface area contributed by atoms with E-state index in [4.69, 9.17) is 18.9 Å². The number of hydrogen-bond acceptors (Lipinski definition) is 14. The fourth-order valence-electron chi connectivity index (χ4n) is 6.71. The Hall–Kier alpha value is -3.92. The molecule has 58 heavy (non-hydrogen) atoms. The molecular weight excluding hydrogens is 746 g/mol. The van der Waals surface area contributed by atoms with Crippen molar-refractivity contribution in [2.75, 3.05) is 78.5 Å². The topological polar surface area (TPSA) is 156 Å². The molecule has 0 saturated carbocycles. The van der Waals surface area contributed by atoms with Gasteiger partial charge in [-0.3, -0.25) is 53.3 Å².